The van der Waals surface area contributed by atoms with Crippen molar-refractivity contribution in [2.75, 3.05) is 11.9 Å². The van der Waals surface area contributed by atoms with Crippen molar-refractivity contribution in [3.8, 4) is 0 Å². The van der Waals surface area contributed by atoms with Crippen molar-refractivity contribution >= 4 is 11.6 Å². The third-order valence-corrected chi connectivity index (χ3v) is 3.71. The van der Waals surface area contributed by atoms with Crippen LogP contribution in [0.2, 0.25) is 0 Å². The molecule has 2 aromatic carbocycles. The van der Waals surface area contributed by atoms with Gasteiger partial charge in [0.05, 0.1) is 12.6 Å². The van der Waals surface area contributed by atoms with Crippen molar-refractivity contribution in [3.63, 3.8) is 0 Å². The average molecular weight is 318 g/mol. The predicted molar refractivity (Wildman–Crippen MR) is 87.3 cm³/mol. The summed E-state index contributed by atoms with van der Waals surface area (Å²) in [6, 6.07) is 8.67. The Morgan fingerprint density at radius 2 is 1.78 bits per heavy atom. The van der Waals surface area contributed by atoms with Crippen molar-refractivity contribution in [2.45, 2.75) is 26.8 Å². The van der Waals surface area contributed by atoms with Crippen LogP contribution in [0.3, 0.4) is 0 Å². The highest BCUT2D eigenvalue weighted by Gasteiger charge is 2.14. The second-order valence-electron chi connectivity index (χ2n) is 5.58. The smallest absolute Gasteiger partial charge is 0.239 e. The lowest BCUT2D eigenvalue weighted by Gasteiger charge is -2.17. The Morgan fingerprint density at radius 1 is 1.13 bits per heavy atom. The van der Waals surface area contributed by atoms with Gasteiger partial charge >= 0.3 is 0 Å². The lowest BCUT2D eigenvalue weighted by molar-refractivity contribution is -0.120. The highest BCUT2D eigenvalue weighted by molar-refractivity contribution is 5.81. The first-order chi connectivity index (χ1) is 10.9. The summed E-state index contributed by atoms with van der Waals surface area (Å²) in [6.45, 7) is 5.67. The zero-order valence-corrected chi connectivity index (χ0v) is 13.4. The minimum absolute atomic E-state index is 0.0822. The van der Waals surface area contributed by atoms with E-state index in [2.05, 4.69) is 10.6 Å². The molecule has 2 N–H and O–H groups in total. The zero-order valence-electron chi connectivity index (χ0n) is 13.4. The van der Waals surface area contributed by atoms with E-state index in [4.69, 9.17) is 0 Å². The number of carbonyl (C=O) groups excluding carboxylic acids is 1. The van der Waals surface area contributed by atoms with Crippen LogP contribution in [0.4, 0.5) is 14.5 Å². The second-order valence-corrected chi connectivity index (χ2v) is 5.58. The van der Waals surface area contributed by atoms with Gasteiger partial charge in [-0.15, -0.1) is 0 Å². The van der Waals surface area contributed by atoms with E-state index in [9.17, 15) is 13.6 Å². The molecule has 0 heterocycles. The number of carbonyl (C=O) groups is 1. The second kappa shape index (κ2) is 7.22. The normalized spacial score (nSPS) is 11.9. The number of halogens is 2. The van der Waals surface area contributed by atoms with Crippen LogP contribution in [0.25, 0.3) is 0 Å². The maximum atomic E-state index is 13.7. The number of amides is 1. The Bertz CT molecular complexity index is 696. The van der Waals surface area contributed by atoms with Gasteiger partial charge in [0.2, 0.25) is 5.91 Å². The van der Waals surface area contributed by atoms with Gasteiger partial charge in [-0.3, -0.25) is 4.79 Å². The fourth-order valence-electron chi connectivity index (χ4n) is 2.48. The lowest BCUT2D eigenvalue weighted by Crippen LogP contribution is -2.32. The molecule has 0 spiro atoms. The minimum atomic E-state index is -0.666. The highest BCUT2D eigenvalue weighted by Crippen LogP contribution is 2.20. The van der Waals surface area contributed by atoms with Gasteiger partial charge in [0.25, 0.3) is 0 Å². The molecule has 1 amide bonds. The SMILES string of the molecule is Cc1cccc(C)c1NCC(=O)NC(C)c1ccc(F)cc1F. The van der Waals surface area contributed by atoms with Gasteiger partial charge in [-0.1, -0.05) is 24.3 Å². The molecule has 0 aromatic heterocycles. The van der Waals surface area contributed by atoms with Gasteiger partial charge in [-0.25, -0.2) is 8.78 Å². The molecule has 122 valence electrons. The Morgan fingerprint density at radius 3 is 2.39 bits per heavy atom. The molecule has 23 heavy (non-hydrogen) atoms. The number of para-hydroxylation sites is 1. The zero-order chi connectivity index (χ0) is 17.0. The molecule has 5 heteroatoms. The first-order valence-electron chi connectivity index (χ1n) is 7.43. The van der Waals surface area contributed by atoms with Crippen LogP contribution in [0, 0.1) is 25.5 Å². The molecule has 2 aromatic rings. The van der Waals surface area contributed by atoms with Gasteiger partial charge in [-0.05, 0) is 38.0 Å². The van der Waals surface area contributed by atoms with E-state index in [0.29, 0.717) is 0 Å². The molecule has 0 fully saturated rings. The molecule has 0 aliphatic carbocycles. The predicted octanol–water partition coefficient (Wildman–Crippen LogP) is 3.87. The minimum Gasteiger partial charge on any atom is -0.376 e. The monoisotopic (exact) mass is 318 g/mol. The lowest BCUT2D eigenvalue weighted by atomic mass is 10.1. The van der Waals surface area contributed by atoms with Crippen LogP contribution in [0.15, 0.2) is 36.4 Å². The number of hydrogen-bond acceptors (Lipinski definition) is 2. The van der Waals surface area contributed by atoms with Crippen LogP contribution in [0.1, 0.15) is 29.7 Å². The number of aryl methyl sites for hydroxylation is 2. The van der Waals surface area contributed by atoms with Crippen molar-refractivity contribution in [2.24, 2.45) is 0 Å². The van der Waals surface area contributed by atoms with E-state index in [0.717, 1.165) is 22.9 Å². The van der Waals surface area contributed by atoms with E-state index in [1.807, 2.05) is 32.0 Å². The maximum Gasteiger partial charge on any atom is 0.239 e. The molecular weight excluding hydrogens is 298 g/mol. The number of anilines is 1. The van der Waals surface area contributed by atoms with Crippen LogP contribution in [-0.4, -0.2) is 12.5 Å². The fourth-order valence-corrected chi connectivity index (χ4v) is 2.48. The Balaban J connectivity index is 1.97. The Hall–Kier alpha value is -2.43. The highest BCUT2D eigenvalue weighted by atomic mass is 19.1. The maximum absolute atomic E-state index is 13.7. The summed E-state index contributed by atoms with van der Waals surface area (Å²) in [6.07, 6.45) is 0. The molecule has 0 saturated heterocycles. The third kappa shape index (κ3) is 4.28. The molecule has 2 rings (SSSR count). The van der Waals surface area contributed by atoms with Crippen LogP contribution >= 0.6 is 0 Å². The van der Waals surface area contributed by atoms with Crippen LogP contribution < -0.4 is 10.6 Å². The molecule has 1 unspecified atom stereocenters. The quantitative estimate of drug-likeness (QED) is 0.878. The number of benzene rings is 2. The fraction of sp³-hybridized carbons (Fsp3) is 0.278. The molecule has 0 bridgehead atoms. The summed E-state index contributed by atoms with van der Waals surface area (Å²) in [5, 5.41) is 5.80. The first-order valence-corrected chi connectivity index (χ1v) is 7.43. The van der Waals surface area contributed by atoms with Crippen molar-refractivity contribution in [3.05, 3.63) is 64.7 Å². The van der Waals surface area contributed by atoms with Gasteiger partial charge in [0.1, 0.15) is 11.6 Å². The molecule has 0 radical (unpaired) electrons. The van der Waals surface area contributed by atoms with Gasteiger partial charge in [-0.2, -0.15) is 0 Å². The molecule has 3 nitrogen and oxygen atoms in total. The molecule has 1 atom stereocenters. The first kappa shape index (κ1) is 16.9. The van der Waals surface area contributed by atoms with E-state index in [1.165, 1.54) is 12.1 Å². The summed E-state index contributed by atoms with van der Waals surface area (Å²) < 4.78 is 26.6. The van der Waals surface area contributed by atoms with Gasteiger partial charge in [0.15, 0.2) is 0 Å². The van der Waals surface area contributed by atoms with Crippen molar-refractivity contribution in [1.82, 2.24) is 5.32 Å². The van der Waals surface area contributed by atoms with E-state index in [-0.39, 0.29) is 18.0 Å². The summed E-state index contributed by atoms with van der Waals surface area (Å²) in [5.41, 5.74) is 3.28. The number of nitrogens with one attached hydrogen (secondary N) is 2. The number of hydrogen-bond donors (Lipinski definition) is 2. The van der Waals surface area contributed by atoms with Crippen molar-refractivity contribution in [1.29, 1.82) is 0 Å². The largest absolute Gasteiger partial charge is 0.376 e. The molecule has 0 aliphatic rings. The molecule has 0 aliphatic heterocycles. The summed E-state index contributed by atoms with van der Waals surface area (Å²) in [7, 11) is 0. The van der Waals surface area contributed by atoms with E-state index in [1.54, 1.807) is 6.92 Å². The average Bonchev–Trinajstić information content (AvgIpc) is 2.46. The van der Waals surface area contributed by atoms with Gasteiger partial charge < -0.3 is 10.6 Å². The summed E-state index contributed by atoms with van der Waals surface area (Å²) in [4.78, 5) is 12.0. The topological polar surface area (TPSA) is 41.1 Å². The van der Waals surface area contributed by atoms with Gasteiger partial charge in [0, 0.05) is 17.3 Å². The molecular formula is C18H20F2N2O. The Kier molecular flexibility index (Phi) is 5.32. The third-order valence-electron chi connectivity index (χ3n) is 3.71. The van der Waals surface area contributed by atoms with E-state index < -0.39 is 17.7 Å². The van der Waals surface area contributed by atoms with Crippen molar-refractivity contribution < 1.29 is 13.6 Å². The van der Waals surface area contributed by atoms with Crippen LogP contribution in [0.5, 0.6) is 0 Å². The summed E-state index contributed by atoms with van der Waals surface area (Å²) in [5.74, 6) is -1.56. The van der Waals surface area contributed by atoms with Crippen LogP contribution in [-0.2, 0) is 4.79 Å². The standard InChI is InChI=1S/C18H20F2N2O/c1-11-5-4-6-12(2)18(11)21-10-17(23)22-13(3)15-8-7-14(19)9-16(15)20/h4-9,13,21H,10H2,1-3H3,(H,22,23). The molecule has 0 saturated carbocycles. The van der Waals surface area contributed by atoms with E-state index >= 15 is 0 Å². The summed E-state index contributed by atoms with van der Waals surface area (Å²) >= 11 is 0. The number of rotatable bonds is 5. The Labute approximate surface area is 134 Å².